The van der Waals surface area contributed by atoms with Crippen molar-refractivity contribution >= 4 is 8.41 Å². The highest BCUT2D eigenvalue weighted by molar-refractivity contribution is 5.75. The van der Waals surface area contributed by atoms with E-state index in [-0.39, 0.29) is 75.3 Å². The highest BCUT2D eigenvalue weighted by Crippen LogP contribution is 2.30. The Balaban J connectivity index is -0.0000000804. The predicted molar refractivity (Wildman–Crippen MR) is 368 cm³/mol. The van der Waals surface area contributed by atoms with Gasteiger partial charge in [0.25, 0.3) is 0 Å². The molecule has 5 aliphatic rings. The molecule has 0 N–H and O–H groups in total. The zero-order valence-corrected chi connectivity index (χ0v) is 48.3. The van der Waals surface area contributed by atoms with Crippen molar-refractivity contribution in [1.29, 1.82) is 0 Å². The Morgan fingerprint density at radius 2 is 0.316 bits per heavy atom. The molecule has 0 unspecified atom stereocenters. The maximum Gasteiger partial charge on any atom is 0 e. The van der Waals surface area contributed by atoms with Gasteiger partial charge in [-0.05, 0) is 137 Å². The number of benzene rings is 3. The van der Waals surface area contributed by atoms with E-state index < -0.39 is 0 Å². The lowest BCUT2D eigenvalue weighted by Gasteiger charge is -2.22. The van der Waals surface area contributed by atoms with E-state index in [2.05, 4.69) is 185 Å². The molecule has 0 spiro atoms. The smallest absolute Gasteiger partial charge is 0 e. The zero-order chi connectivity index (χ0) is 49.6. The molecule has 3 aromatic rings. The molecule has 3 radical (unpaired) electrons. The second-order valence-corrected chi connectivity index (χ2v) is 24.2. The van der Waals surface area contributed by atoms with Gasteiger partial charge in [0.1, 0.15) is 0 Å². The van der Waals surface area contributed by atoms with Crippen molar-refractivity contribution in [1.82, 2.24) is 0 Å². The van der Waals surface area contributed by atoms with Crippen LogP contribution in [0.1, 0.15) is 309 Å². The molecule has 5 aliphatic carbocycles. The lowest BCUT2D eigenvalue weighted by Crippen LogP contribution is -2.08. The number of hydrogen-bond donors (Lipinski definition) is 0. The van der Waals surface area contributed by atoms with Crippen LogP contribution in [0.15, 0.2) is 60.7 Å². The van der Waals surface area contributed by atoms with Crippen molar-refractivity contribution < 1.29 is 0 Å². The molecule has 0 aliphatic heterocycles. The summed E-state index contributed by atoms with van der Waals surface area (Å²) >= 11 is 0. The molecule has 0 amide bonds. The highest BCUT2D eigenvalue weighted by atomic mass is 14.2. The summed E-state index contributed by atoms with van der Waals surface area (Å²) in [7, 11) is 0. The van der Waals surface area contributed by atoms with Crippen LogP contribution in [-0.4, -0.2) is 8.41 Å². The van der Waals surface area contributed by atoms with Crippen LogP contribution in [0.2, 0.25) is 0 Å². The standard InChI is InChI=1S/2C9H12.5C8H16.C8H10.9CH4.B/c2*1-7-4-5-8(2)9(3)6-7;6*1-7-3-5-8(2)6-4-7;;;;;;;;;;/h2*4-6H,1-3H3;5*7-8H,3-6H2,1-2H3;3-6H,1-2H3;9*1H4;. The van der Waals surface area contributed by atoms with Gasteiger partial charge in [0.05, 0.1) is 0 Å². The van der Waals surface area contributed by atoms with Crippen molar-refractivity contribution in [3.8, 4) is 0 Å². The molecule has 3 aromatic carbocycles. The van der Waals surface area contributed by atoms with Crippen molar-refractivity contribution in [2.75, 3.05) is 0 Å². The normalized spacial score (nSPS) is 24.2. The van der Waals surface area contributed by atoms with Gasteiger partial charge in [-0.3, -0.25) is 0 Å². The molecule has 0 aromatic heterocycles. The summed E-state index contributed by atoms with van der Waals surface area (Å²) in [6, 6.07) is 21.5. The van der Waals surface area contributed by atoms with Crippen molar-refractivity contribution in [3.63, 3.8) is 0 Å². The van der Waals surface area contributed by atoms with Gasteiger partial charge in [-0.1, -0.05) is 347 Å². The number of rotatable bonds is 0. The molecule has 0 nitrogen and oxygen atoms in total. The molecule has 1 heteroatoms. The Morgan fingerprint density at radius 1 is 0.197 bits per heavy atom. The third-order valence-corrected chi connectivity index (χ3v) is 16.1. The Kier molecular flexibility index (Phi) is 70.8. The summed E-state index contributed by atoms with van der Waals surface area (Å²) in [6.07, 6.45) is 29.5. The van der Waals surface area contributed by atoms with Gasteiger partial charge < -0.3 is 0 Å². The van der Waals surface area contributed by atoms with Gasteiger partial charge in [0.2, 0.25) is 0 Å². The predicted octanol–water partition coefficient (Wildman–Crippen LogP) is 27.0. The summed E-state index contributed by atoms with van der Waals surface area (Å²) in [5.41, 5.74) is 10.9. The minimum absolute atomic E-state index is 0. The fourth-order valence-electron chi connectivity index (χ4n) is 9.55. The average molecular weight is 1060 g/mol. The SMILES string of the molecule is C.C.C.C.C.C.C.C.C.CC1CCC(C)CC1.CC1CCC(C)CC1.CC1CCC(C)CC1.CC1CCC(C)CC1.CC1CCC(C)CC1.Cc1ccc(C)c(C)c1.Cc1ccc(C)c(C)c1.Cc1ccc(C)cc1.[B]. The molecule has 0 heterocycles. The summed E-state index contributed by atoms with van der Waals surface area (Å²) < 4.78 is 0. The third-order valence-electron chi connectivity index (χ3n) is 16.1. The van der Waals surface area contributed by atoms with Crippen LogP contribution in [0.25, 0.3) is 0 Å². The summed E-state index contributed by atoms with van der Waals surface area (Å²) in [6.45, 7) is 40.6. The molecular weight excluding hydrogens is 912 g/mol. The minimum Gasteiger partial charge on any atom is -0.0776 e. The topological polar surface area (TPSA) is 0 Å². The first-order valence-electron chi connectivity index (χ1n) is 28.2. The van der Waals surface area contributed by atoms with Gasteiger partial charge >= 0.3 is 0 Å². The van der Waals surface area contributed by atoms with E-state index in [1.54, 1.807) is 0 Å². The molecular formula is C75H150B. The first-order chi connectivity index (χ1) is 31.1. The maximum absolute atomic E-state index is 2.37. The van der Waals surface area contributed by atoms with Crippen LogP contribution in [0.5, 0.6) is 0 Å². The van der Waals surface area contributed by atoms with Crippen LogP contribution < -0.4 is 0 Å². The van der Waals surface area contributed by atoms with E-state index in [1.165, 1.54) is 173 Å². The number of aryl methyl sites for hydroxylation is 8. The molecule has 76 heavy (non-hydrogen) atoms. The van der Waals surface area contributed by atoms with E-state index in [9.17, 15) is 0 Å². The molecule has 0 atom stereocenters. The van der Waals surface area contributed by atoms with Crippen LogP contribution in [0.4, 0.5) is 0 Å². The average Bonchev–Trinajstić information content (AvgIpc) is 3.29. The fraction of sp³-hybridized carbons (Fsp3) is 0.760. The van der Waals surface area contributed by atoms with Crippen LogP contribution in [0, 0.1) is 115 Å². The van der Waals surface area contributed by atoms with Gasteiger partial charge in [0.15, 0.2) is 0 Å². The molecule has 0 saturated heterocycles. The van der Waals surface area contributed by atoms with Crippen molar-refractivity contribution in [2.45, 2.75) is 320 Å². The number of hydrogen-bond acceptors (Lipinski definition) is 0. The van der Waals surface area contributed by atoms with Gasteiger partial charge in [0, 0.05) is 8.41 Å². The Bertz CT molecular complexity index is 1340. The third kappa shape index (κ3) is 51.2. The molecule has 5 fully saturated rings. The summed E-state index contributed by atoms with van der Waals surface area (Å²) in [4.78, 5) is 0. The molecule has 5 saturated carbocycles. The molecule has 8 rings (SSSR count). The summed E-state index contributed by atoms with van der Waals surface area (Å²) in [5, 5.41) is 0. The Morgan fingerprint density at radius 3 is 0.421 bits per heavy atom. The van der Waals surface area contributed by atoms with Gasteiger partial charge in [-0.2, -0.15) is 0 Å². The molecule has 0 bridgehead atoms. The van der Waals surface area contributed by atoms with E-state index in [0.29, 0.717) is 0 Å². The van der Waals surface area contributed by atoms with Crippen molar-refractivity contribution in [2.24, 2.45) is 59.2 Å². The maximum atomic E-state index is 2.37. The second-order valence-electron chi connectivity index (χ2n) is 24.2. The summed E-state index contributed by atoms with van der Waals surface area (Å²) in [5.74, 6) is 10.2. The monoisotopic (exact) mass is 1060 g/mol. The quantitative estimate of drug-likeness (QED) is 0.197. The van der Waals surface area contributed by atoms with E-state index in [4.69, 9.17) is 0 Å². The first kappa shape index (κ1) is 96.0. The molecule has 453 valence electrons. The van der Waals surface area contributed by atoms with Crippen molar-refractivity contribution in [3.05, 3.63) is 105 Å². The van der Waals surface area contributed by atoms with Gasteiger partial charge in [-0.25, -0.2) is 0 Å². The van der Waals surface area contributed by atoms with Crippen LogP contribution in [-0.2, 0) is 0 Å². The Hall–Kier alpha value is -2.28. The minimum atomic E-state index is 0. The lowest BCUT2D eigenvalue weighted by atomic mass is 9.84. The first-order valence-corrected chi connectivity index (χ1v) is 28.2. The van der Waals surface area contributed by atoms with E-state index in [1.807, 2.05) is 0 Å². The van der Waals surface area contributed by atoms with Gasteiger partial charge in [-0.15, -0.1) is 0 Å². The van der Waals surface area contributed by atoms with Crippen LogP contribution >= 0.6 is 0 Å². The largest absolute Gasteiger partial charge is 0.0776 e. The van der Waals surface area contributed by atoms with E-state index in [0.717, 1.165) is 59.2 Å². The zero-order valence-electron chi connectivity index (χ0n) is 48.3. The van der Waals surface area contributed by atoms with E-state index >= 15 is 0 Å². The fourth-order valence-corrected chi connectivity index (χ4v) is 9.55. The lowest BCUT2D eigenvalue weighted by molar-refractivity contribution is 0.308. The second kappa shape index (κ2) is 56.0. The van der Waals surface area contributed by atoms with Crippen LogP contribution in [0.3, 0.4) is 0 Å². The highest BCUT2D eigenvalue weighted by Gasteiger charge is 2.16. The Labute approximate surface area is 490 Å².